The lowest BCUT2D eigenvalue weighted by Crippen LogP contribution is -2.34. The number of thiocarbonyl (C=S) groups is 1. The highest BCUT2D eigenvalue weighted by Gasteiger charge is 2.09. The van der Waals surface area contributed by atoms with Gasteiger partial charge >= 0.3 is 0 Å². The zero-order valence-corrected chi connectivity index (χ0v) is 18.3. The lowest BCUT2D eigenvalue weighted by molar-refractivity contribution is -0.116. The molecule has 160 valence electrons. The number of rotatable bonds is 10. The van der Waals surface area contributed by atoms with Crippen molar-refractivity contribution in [1.82, 2.24) is 5.32 Å². The van der Waals surface area contributed by atoms with Crippen molar-refractivity contribution in [3.8, 4) is 5.75 Å². The molecule has 3 N–H and O–H groups in total. The second-order valence-electron chi connectivity index (χ2n) is 6.87. The van der Waals surface area contributed by atoms with Crippen LogP contribution in [0.2, 0.25) is 0 Å². The molecule has 0 aliphatic rings. The normalized spacial score (nSPS) is 10.2. The highest BCUT2D eigenvalue weighted by Crippen LogP contribution is 2.16. The van der Waals surface area contributed by atoms with Gasteiger partial charge < -0.3 is 15.4 Å². The zero-order valence-electron chi connectivity index (χ0n) is 17.5. The van der Waals surface area contributed by atoms with E-state index in [1.54, 1.807) is 42.5 Å². The molecule has 0 fully saturated rings. The van der Waals surface area contributed by atoms with E-state index < -0.39 is 0 Å². The molecule has 0 saturated carbocycles. The molecule has 2 aromatic carbocycles. The first-order chi connectivity index (χ1) is 14.5. The maximum absolute atomic E-state index is 12.4. The van der Waals surface area contributed by atoms with E-state index in [0.717, 1.165) is 31.4 Å². The van der Waals surface area contributed by atoms with Crippen molar-refractivity contribution in [2.24, 2.45) is 0 Å². The van der Waals surface area contributed by atoms with Gasteiger partial charge in [-0.2, -0.15) is 0 Å². The molecule has 0 aliphatic heterocycles. The maximum Gasteiger partial charge on any atom is 0.257 e. The Kier molecular flexibility index (Phi) is 9.80. The fourth-order valence-electron chi connectivity index (χ4n) is 2.61. The van der Waals surface area contributed by atoms with Gasteiger partial charge in [-0.3, -0.25) is 14.9 Å². The number of carbonyl (C=O) groups is 2. The van der Waals surface area contributed by atoms with Gasteiger partial charge in [-0.25, -0.2) is 0 Å². The molecule has 0 unspecified atom stereocenters. The minimum absolute atomic E-state index is 0.0213. The molecule has 6 nitrogen and oxygen atoms in total. The predicted octanol–water partition coefficient (Wildman–Crippen LogP) is 5.12. The third-order valence-electron chi connectivity index (χ3n) is 4.27. The Morgan fingerprint density at radius 2 is 1.60 bits per heavy atom. The summed E-state index contributed by atoms with van der Waals surface area (Å²) in [6.07, 6.45) is 4.37. The molecule has 0 aromatic heterocycles. The van der Waals surface area contributed by atoms with E-state index in [1.165, 1.54) is 0 Å². The molecule has 2 aromatic rings. The Bertz CT molecular complexity index is 853. The van der Waals surface area contributed by atoms with Gasteiger partial charge in [-0.05, 0) is 67.5 Å². The number of unbranched alkanes of at least 4 members (excludes halogenated alkanes) is 2. The lowest BCUT2D eigenvalue weighted by atomic mass is 10.2. The standard InChI is InChI=1S/C23H29N3O3S/c1-3-5-10-21(27)24-18-8-7-9-19(16-18)25-23(30)26-22(28)17-11-13-20(14-12-17)29-15-6-4-2/h7-9,11-14,16H,3-6,10,15H2,1-2H3,(H,24,27)(H2,25,26,28,30). The number of ether oxygens (including phenoxy) is 1. The van der Waals surface area contributed by atoms with Crippen LogP contribution in [0.3, 0.4) is 0 Å². The average Bonchev–Trinajstić information content (AvgIpc) is 2.73. The minimum Gasteiger partial charge on any atom is -0.494 e. The fourth-order valence-corrected chi connectivity index (χ4v) is 2.82. The molecule has 2 rings (SSSR count). The van der Waals surface area contributed by atoms with Crippen LogP contribution in [0.4, 0.5) is 11.4 Å². The van der Waals surface area contributed by atoms with Gasteiger partial charge in [0.25, 0.3) is 5.91 Å². The van der Waals surface area contributed by atoms with Gasteiger partial charge in [-0.15, -0.1) is 0 Å². The number of nitrogens with one attached hydrogen (secondary N) is 3. The van der Waals surface area contributed by atoms with Gasteiger partial charge in [-0.1, -0.05) is 32.8 Å². The van der Waals surface area contributed by atoms with Crippen molar-refractivity contribution >= 4 is 40.5 Å². The molecule has 0 aliphatic carbocycles. The van der Waals surface area contributed by atoms with E-state index in [2.05, 4.69) is 22.9 Å². The molecule has 2 amide bonds. The monoisotopic (exact) mass is 427 g/mol. The Balaban J connectivity index is 1.87. The molecule has 30 heavy (non-hydrogen) atoms. The molecule has 0 spiro atoms. The SMILES string of the molecule is CCCCOc1ccc(C(=O)NC(=S)Nc2cccc(NC(=O)CCCC)c2)cc1. The van der Waals surface area contributed by atoms with E-state index in [1.807, 2.05) is 13.0 Å². The summed E-state index contributed by atoms with van der Waals surface area (Å²) in [6, 6.07) is 14.1. The van der Waals surface area contributed by atoms with Crippen LogP contribution in [0.15, 0.2) is 48.5 Å². The summed E-state index contributed by atoms with van der Waals surface area (Å²) in [5, 5.41) is 8.66. The van der Waals surface area contributed by atoms with E-state index in [-0.39, 0.29) is 16.9 Å². The molecule has 0 heterocycles. The number of hydrogen-bond acceptors (Lipinski definition) is 4. The summed E-state index contributed by atoms with van der Waals surface area (Å²) in [7, 11) is 0. The van der Waals surface area contributed by atoms with Crippen LogP contribution in [-0.4, -0.2) is 23.5 Å². The number of anilines is 2. The molecule has 0 radical (unpaired) electrons. The van der Waals surface area contributed by atoms with Crippen molar-refractivity contribution in [3.63, 3.8) is 0 Å². The Hall–Kier alpha value is -2.93. The topological polar surface area (TPSA) is 79.5 Å². The second kappa shape index (κ2) is 12.6. The summed E-state index contributed by atoms with van der Waals surface area (Å²) in [4.78, 5) is 24.3. The molecule has 7 heteroatoms. The number of hydrogen-bond donors (Lipinski definition) is 3. The fraction of sp³-hybridized carbons (Fsp3) is 0.348. The third-order valence-corrected chi connectivity index (χ3v) is 4.48. The Morgan fingerprint density at radius 3 is 2.27 bits per heavy atom. The molecular weight excluding hydrogens is 398 g/mol. The van der Waals surface area contributed by atoms with E-state index >= 15 is 0 Å². The van der Waals surface area contributed by atoms with Crippen molar-refractivity contribution in [1.29, 1.82) is 0 Å². The van der Waals surface area contributed by atoms with E-state index in [0.29, 0.717) is 30.0 Å². The summed E-state index contributed by atoms with van der Waals surface area (Å²) >= 11 is 5.24. The summed E-state index contributed by atoms with van der Waals surface area (Å²) in [5.74, 6) is 0.405. The Morgan fingerprint density at radius 1 is 0.933 bits per heavy atom. The molecule has 0 saturated heterocycles. The number of amides is 2. The average molecular weight is 428 g/mol. The summed E-state index contributed by atoms with van der Waals surface area (Å²) in [6.45, 7) is 4.81. The molecular formula is C23H29N3O3S. The van der Waals surface area contributed by atoms with Crippen molar-refractivity contribution < 1.29 is 14.3 Å². The minimum atomic E-state index is -0.309. The van der Waals surface area contributed by atoms with Crippen LogP contribution < -0.4 is 20.7 Å². The van der Waals surface area contributed by atoms with Gasteiger partial charge in [0.2, 0.25) is 5.91 Å². The van der Waals surface area contributed by atoms with Gasteiger partial charge in [0.05, 0.1) is 6.61 Å². The van der Waals surface area contributed by atoms with Gasteiger partial charge in [0.1, 0.15) is 5.75 Å². The molecule has 0 bridgehead atoms. The summed E-state index contributed by atoms with van der Waals surface area (Å²) < 4.78 is 5.60. The van der Waals surface area contributed by atoms with Crippen molar-refractivity contribution in [3.05, 3.63) is 54.1 Å². The van der Waals surface area contributed by atoms with Gasteiger partial charge in [0.15, 0.2) is 5.11 Å². The highest BCUT2D eigenvalue weighted by molar-refractivity contribution is 7.80. The first kappa shape index (κ1) is 23.3. The van der Waals surface area contributed by atoms with Crippen LogP contribution in [0, 0.1) is 0 Å². The smallest absolute Gasteiger partial charge is 0.257 e. The Labute approximate surface area is 183 Å². The van der Waals surface area contributed by atoms with Crippen LogP contribution in [0.25, 0.3) is 0 Å². The first-order valence-electron chi connectivity index (χ1n) is 10.3. The number of carbonyl (C=O) groups excluding carboxylic acids is 2. The maximum atomic E-state index is 12.4. The molecule has 0 atom stereocenters. The van der Waals surface area contributed by atoms with Crippen molar-refractivity contribution in [2.75, 3.05) is 17.2 Å². The van der Waals surface area contributed by atoms with Gasteiger partial charge in [0, 0.05) is 23.4 Å². The van der Waals surface area contributed by atoms with Crippen LogP contribution in [-0.2, 0) is 4.79 Å². The second-order valence-corrected chi connectivity index (χ2v) is 7.28. The first-order valence-corrected chi connectivity index (χ1v) is 10.7. The van der Waals surface area contributed by atoms with Crippen LogP contribution >= 0.6 is 12.2 Å². The number of benzene rings is 2. The lowest BCUT2D eigenvalue weighted by Gasteiger charge is -2.12. The predicted molar refractivity (Wildman–Crippen MR) is 125 cm³/mol. The third kappa shape index (κ3) is 8.21. The van der Waals surface area contributed by atoms with Crippen LogP contribution in [0.5, 0.6) is 5.75 Å². The highest BCUT2D eigenvalue weighted by atomic mass is 32.1. The van der Waals surface area contributed by atoms with E-state index in [4.69, 9.17) is 17.0 Å². The zero-order chi connectivity index (χ0) is 21.8. The summed E-state index contributed by atoms with van der Waals surface area (Å²) in [5.41, 5.74) is 1.83. The largest absolute Gasteiger partial charge is 0.494 e. The van der Waals surface area contributed by atoms with E-state index in [9.17, 15) is 9.59 Å². The van der Waals surface area contributed by atoms with Crippen molar-refractivity contribution in [2.45, 2.75) is 46.0 Å². The van der Waals surface area contributed by atoms with Crippen LogP contribution in [0.1, 0.15) is 56.3 Å². The quantitative estimate of drug-likeness (QED) is 0.362.